The minimum atomic E-state index is -0.380. The van der Waals surface area contributed by atoms with Crippen LogP contribution in [-0.2, 0) is 67.4 Å². The molecular formula is C65H58Al4F2GaIrN7O7P2-. The molecule has 12 rings (SSSR count). The van der Waals surface area contributed by atoms with Crippen molar-refractivity contribution in [2.24, 2.45) is 5.73 Å². The standard InChI is InChI=1S/C12H9NOP.2C11H10FNO.C11H11NO.C10H10N2O.C10H8NO2P.4Al.Ga.Ir.5H/c14-15-9-10-4-3-5-11(8-10)12-6-1-2-7-13-12;2*12-7-6-9-5-4-8-2-1-3-10(14)11(8)13-9;1-2-9-7-6-8-4-3-5-10(13)11(8)12-9;11-6-8-5-4-7-2-1-3-9(13)10(7)12-8;12-9-3-1-2-7-4-5-8(6-14-13)11-10(7)9;;;;;;;;;;;/h1-7H,9H2;2*1-5,14H,6-7H2;3-7,13H,2H2,1H3;1-5,13H,6,11H2;1-5,12H,6H2;;;;;;;;;;;/q-1;;;;;;5*+1;;;;;;/p-5. The third-order valence-corrected chi connectivity index (χ3v) is 15.8. The van der Waals surface area contributed by atoms with E-state index in [9.17, 15) is 17.9 Å². The maximum Gasteiger partial charge on any atom is 0.494 e. The van der Waals surface area contributed by atoms with Crippen LogP contribution in [-0.4, -0.2) is 129 Å². The molecule has 14 nitrogen and oxygen atoms in total. The summed E-state index contributed by atoms with van der Waals surface area (Å²) in [5, 5.41) is 5.29. The molecule has 2 N–H and O–H groups in total. The smallest absolute Gasteiger partial charge is 0.494 e. The van der Waals surface area contributed by atoms with E-state index in [1.54, 1.807) is 6.20 Å². The molecular weight excluding hydrogens is 1460 g/mol. The summed E-state index contributed by atoms with van der Waals surface area (Å²) in [7, 11) is 0.211. The van der Waals surface area contributed by atoms with Gasteiger partial charge in [0, 0.05) is 78.4 Å². The summed E-state index contributed by atoms with van der Waals surface area (Å²) in [4.78, 5) is 26.4. The van der Waals surface area contributed by atoms with Gasteiger partial charge in [0.25, 0.3) is 0 Å². The van der Waals surface area contributed by atoms with E-state index in [-0.39, 0.29) is 50.4 Å². The molecule has 0 aliphatic rings. The van der Waals surface area contributed by atoms with Gasteiger partial charge in [0.15, 0.2) is 16.9 Å². The Morgan fingerprint density at radius 1 is 0.461 bits per heavy atom. The van der Waals surface area contributed by atoms with Crippen molar-refractivity contribution in [2.45, 2.75) is 45.1 Å². The maximum atomic E-state index is 12.2. The fraction of sp³-hybridized carbons (Fsp3) is 0.138. The van der Waals surface area contributed by atoms with E-state index in [2.05, 4.69) is 55.0 Å². The second kappa shape index (κ2) is 39.3. The normalized spacial score (nSPS) is 10.3. The number of halogens is 2. The Morgan fingerprint density at radius 2 is 0.843 bits per heavy atom. The number of alkyl halides is 2. The molecule has 6 heterocycles. The Bertz CT molecular complexity index is 4050. The summed E-state index contributed by atoms with van der Waals surface area (Å²) in [5.41, 5.74) is 16.9. The van der Waals surface area contributed by atoms with Crippen molar-refractivity contribution >= 4 is 157 Å². The van der Waals surface area contributed by atoms with Gasteiger partial charge in [-0.05, 0) is 66.7 Å². The molecule has 6 aromatic carbocycles. The summed E-state index contributed by atoms with van der Waals surface area (Å²) in [6.07, 6.45) is 4.37. The predicted octanol–water partition coefficient (Wildman–Crippen LogP) is 12.3. The van der Waals surface area contributed by atoms with Crippen LogP contribution in [0.1, 0.15) is 41.0 Å². The molecule has 0 saturated heterocycles. The van der Waals surface area contributed by atoms with E-state index in [4.69, 9.17) is 24.4 Å². The molecule has 0 aliphatic carbocycles. The summed E-state index contributed by atoms with van der Waals surface area (Å²) in [5.74, 6) is 3.95. The number of hydrogen-bond donors (Lipinski definition) is 1. The van der Waals surface area contributed by atoms with Crippen molar-refractivity contribution in [1.29, 1.82) is 0 Å². The number of pyridine rings is 6. The van der Waals surface area contributed by atoms with Crippen LogP contribution in [0.25, 0.3) is 65.8 Å². The quantitative estimate of drug-likeness (QED) is 0.0547. The van der Waals surface area contributed by atoms with E-state index in [0.717, 1.165) is 154 Å². The average molecular weight is 1520 g/mol. The van der Waals surface area contributed by atoms with Crippen molar-refractivity contribution in [2.75, 3.05) is 13.3 Å². The monoisotopic (exact) mass is 1520 g/mol. The summed E-state index contributed by atoms with van der Waals surface area (Å²) >= 11 is 6.50. The third-order valence-electron chi connectivity index (χ3n) is 13.0. The molecule has 0 spiro atoms. The Hall–Kier alpha value is -6.04. The van der Waals surface area contributed by atoms with E-state index >= 15 is 0 Å². The molecule has 6 aromatic heterocycles. The van der Waals surface area contributed by atoms with Gasteiger partial charge < -0.3 is 25.9 Å². The number of nitrogens with two attached hydrogens (primary N) is 1. The second-order valence-electron chi connectivity index (χ2n) is 18.7. The first-order valence-corrected chi connectivity index (χ1v) is 33.0. The Kier molecular flexibility index (Phi) is 31.8. The molecule has 89 heavy (non-hydrogen) atoms. The minimum absolute atomic E-state index is 0. The van der Waals surface area contributed by atoms with E-state index < -0.39 is 0 Å². The second-order valence-corrected chi connectivity index (χ2v) is 21.6. The molecule has 12 aromatic rings. The third kappa shape index (κ3) is 21.3. The van der Waals surface area contributed by atoms with Gasteiger partial charge in [-0.15, -0.1) is 35.4 Å². The van der Waals surface area contributed by atoms with Gasteiger partial charge in [-0.2, -0.15) is 0 Å². The van der Waals surface area contributed by atoms with Crippen molar-refractivity contribution in [3.63, 3.8) is 0 Å². The van der Waals surface area contributed by atoms with E-state index in [1.165, 1.54) is 66.5 Å². The molecule has 0 aliphatic heterocycles. The summed E-state index contributed by atoms with van der Waals surface area (Å²) in [6, 6.07) is 63.5. The van der Waals surface area contributed by atoms with Crippen LogP contribution in [0.2, 0.25) is 0 Å². The number of nitrogens with zero attached hydrogens (tertiary/aromatic N) is 6. The van der Waals surface area contributed by atoms with Crippen LogP contribution in [0.3, 0.4) is 0 Å². The van der Waals surface area contributed by atoms with E-state index in [1.807, 2.05) is 176 Å². The van der Waals surface area contributed by atoms with Gasteiger partial charge in [-0.3, -0.25) is 13.5 Å². The van der Waals surface area contributed by atoms with Gasteiger partial charge in [0.05, 0.1) is 24.2 Å². The van der Waals surface area contributed by atoms with Crippen LogP contribution in [0.15, 0.2) is 194 Å². The SMILES string of the molecule is CCc1ccc2cccc([O][AlH])c2n1.FCCc1ccc2cccc([O][AlH])c2n1.FCCc1ccc2cccc([O][GaH])c2n1.NCc1ccc2cccc([O][AlH])c2n1.O=PCc1[c-]c(-c2ccccn2)ccc1.O=PCc1ccc2cccc([O][AlH])c2n1.[Ir]. The summed E-state index contributed by atoms with van der Waals surface area (Å²) in [6.45, 7) is 1.80. The first-order valence-electron chi connectivity index (χ1n) is 27.5. The molecule has 6 radical (unpaired) electrons. The predicted molar refractivity (Wildman–Crippen MR) is 355 cm³/mol. The van der Waals surface area contributed by atoms with Gasteiger partial charge in [0.1, 0.15) is 45.1 Å². The molecule has 444 valence electrons. The fourth-order valence-electron chi connectivity index (χ4n) is 8.67. The maximum absolute atomic E-state index is 12.2. The van der Waals surface area contributed by atoms with Gasteiger partial charge >= 0.3 is 164 Å². The largest absolute Gasteiger partial charge is 0.649 e. The molecule has 0 amide bonds. The zero-order chi connectivity index (χ0) is 62.5. The van der Waals surface area contributed by atoms with Crippen LogP contribution >= 0.6 is 16.9 Å². The molecule has 0 saturated carbocycles. The van der Waals surface area contributed by atoms with Gasteiger partial charge in [0.2, 0.25) is 0 Å². The number of aromatic nitrogens is 6. The number of para-hydroxylation sites is 5. The summed E-state index contributed by atoms with van der Waals surface area (Å²) < 4.78 is 71.7. The van der Waals surface area contributed by atoms with Crippen LogP contribution < -0.4 is 24.4 Å². The Balaban J connectivity index is 0.000000170. The van der Waals surface area contributed by atoms with Gasteiger partial charge in [-0.25, -0.2) is 19.9 Å². The molecule has 24 heteroatoms. The number of hydrogen-bond acceptors (Lipinski definition) is 14. The van der Waals surface area contributed by atoms with Crippen LogP contribution in [0.5, 0.6) is 28.7 Å². The molecule has 0 fully saturated rings. The van der Waals surface area contributed by atoms with Crippen LogP contribution in [0, 0.1) is 6.07 Å². The zero-order valence-electron chi connectivity index (χ0n) is 48.8. The minimum Gasteiger partial charge on any atom is -0.649 e. The van der Waals surface area contributed by atoms with Gasteiger partial charge in [-0.1, -0.05) is 91.9 Å². The Labute approximate surface area is 576 Å². The van der Waals surface area contributed by atoms with Crippen molar-refractivity contribution in [1.82, 2.24) is 29.9 Å². The number of aryl methyl sites for hydroxylation is 3. The number of fused-ring (bicyclic) bond motifs is 5. The topological polar surface area (TPSA) is 184 Å². The molecule has 0 bridgehead atoms. The van der Waals surface area contributed by atoms with Crippen molar-refractivity contribution < 1.29 is 56.7 Å². The van der Waals surface area contributed by atoms with Crippen LogP contribution in [0.4, 0.5) is 8.78 Å². The zero-order valence-corrected chi connectivity index (χ0v) is 61.6. The first-order chi connectivity index (χ1) is 43.1. The van der Waals surface area contributed by atoms with E-state index in [0.29, 0.717) is 31.7 Å². The average Bonchev–Trinajstić information content (AvgIpc) is 3.61. The molecule has 0 unspecified atom stereocenters. The number of benzene rings is 6. The van der Waals surface area contributed by atoms with Crippen molar-refractivity contribution in [3.8, 4) is 40.0 Å². The first kappa shape index (κ1) is 72.0. The fourth-order valence-corrected chi connectivity index (χ4v) is 10.7. The van der Waals surface area contributed by atoms with Crippen molar-refractivity contribution in [3.05, 3.63) is 234 Å². The Morgan fingerprint density at radius 3 is 1.24 bits per heavy atom. The molecule has 0 atom stereocenters. The number of rotatable bonds is 16.